The van der Waals surface area contributed by atoms with Crippen LogP contribution in [0.5, 0.6) is 0 Å². The molecular weight excluding hydrogens is 211 g/mol. The van der Waals surface area contributed by atoms with Gasteiger partial charge in [-0.3, -0.25) is 14.7 Å². The summed E-state index contributed by atoms with van der Waals surface area (Å²) >= 11 is 0. The summed E-state index contributed by atoms with van der Waals surface area (Å²) in [4.78, 5) is 16.4. The van der Waals surface area contributed by atoms with E-state index in [1.807, 2.05) is 11.8 Å². The van der Waals surface area contributed by atoms with E-state index in [9.17, 15) is 9.18 Å². The van der Waals surface area contributed by atoms with Gasteiger partial charge in [-0.05, 0) is 18.6 Å². The number of carboxylic acids is 1. The lowest BCUT2D eigenvalue weighted by molar-refractivity contribution is -0.148. The molecule has 0 radical (unpaired) electrons. The molecule has 86 valence electrons. The van der Waals surface area contributed by atoms with Gasteiger partial charge in [-0.1, -0.05) is 0 Å². The van der Waals surface area contributed by atoms with E-state index in [4.69, 9.17) is 5.11 Å². The number of aliphatic carboxylic acids is 1. The molecule has 0 amide bonds. The van der Waals surface area contributed by atoms with E-state index in [-0.39, 0.29) is 17.8 Å². The molecule has 0 saturated carbocycles. The second-order valence-electron chi connectivity index (χ2n) is 4.10. The van der Waals surface area contributed by atoms with Gasteiger partial charge in [0, 0.05) is 25.3 Å². The largest absolute Gasteiger partial charge is 0.481 e. The lowest BCUT2D eigenvalue weighted by Gasteiger charge is -2.41. The summed E-state index contributed by atoms with van der Waals surface area (Å²) in [5.74, 6) is -1.41. The van der Waals surface area contributed by atoms with Crippen LogP contribution in [0.25, 0.3) is 0 Å². The lowest BCUT2D eigenvalue weighted by Crippen LogP contribution is -2.51. The lowest BCUT2D eigenvalue weighted by atomic mass is 9.96. The van der Waals surface area contributed by atoms with E-state index in [0.29, 0.717) is 13.1 Å². The molecule has 0 aliphatic carbocycles. The van der Waals surface area contributed by atoms with E-state index < -0.39 is 5.97 Å². The third kappa shape index (κ3) is 2.04. The summed E-state index contributed by atoms with van der Waals surface area (Å²) in [7, 11) is 0. The van der Waals surface area contributed by atoms with Gasteiger partial charge < -0.3 is 5.11 Å². The minimum atomic E-state index is -0.763. The van der Waals surface area contributed by atoms with Crippen LogP contribution in [0.3, 0.4) is 0 Å². The van der Waals surface area contributed by atoms with Crippen molar-refractivity contribution in [2.24, 2.45) is 5.92 Å². The van der Waals surface area contributed by atoms with Gasteiger partial charge >= 0.3 is 5.97 Å². The number of likely N-dealkylation sites (tertiary alicyclic amines) is 1. The molecule has 2 heterocycles. The predicted octanol–water partition coefficient (Wildman–Crippen LogP) is 1.30. The highest BCUT2D eigenvalue weighted by Gasteiger charge is 2.35. The molecule has 1 aromatic heterocycles. The second kappa shape index (κ2) is 4.17. The van der Waals surface area contributed by atoms with Gasteiger partial charge in [0.25, 0.3) is 0 Å². The highest BCUT2D eigenvalue weighted by molar-refractivity contribution is 5.71. The van der Waals surface area contributed by atoms with Gasteiger partial charge in [0.15, 0.2) is 0 Å². The van der Waals surface area contributed by atoms with Crippen LogP contribution in [0.15, 0.2) is 18.5 Å². The van der Waals surface area contributed by atoms with E-state index in [0.717, 1.165) is 11.8 Å². The summed E-state index contributed by atoms with van der Waals surface area (Å²) in [6.45, 7) is 2.97. The summed E-state index contributed by atoms with van der Waals surface area (Å²) in [6.07, 6.45) is 2.77. The number of pyridine rings is 1. The number of nitrogens with zero attached hydrogens (tertiary/aromatic N) is 2. The van der Waals surface area contributed by atoms with Crippen molar-refractivity contribution in [1.82, 2.24) is 9.88 Å². The molecule has 4 nitrogen and oxygen atoms in total. The minimum Gasteiger partial charge on any atom is -0.481 e. The normalized spacial score (nSPS) is 19.1. The monoisotopic (exact) mass is 224 g/mol. The first-order valence-electron chi connectivity index (χ1n) is 5.15. The SMILES string of the molecule is CC(c1cncc(F)c1)N1CC(C(=O)O)C1. The van der Waals surface area contributed by atoms with Crippen LogP contribution in [-0.2, 0) is 4.79 Å². The quantitative estimate of drug-likeness (QED) is 0.840. The standard InChI is InChI=1S/C11H13FN2O2/c1-7(8-2-10(12)4-13-3-8)14-5-9(6-14)11(15)16/h2-4,7,9H,5-6H2,1H3,(H,15,16). The maximum Gasteiger partial charge on any atom is 0.309 e. The molecule has 1 saturated heterocycles. The van der Waals surface area contributed by atoms with Gasteiger partial charge in [0.2, 0.25) is 0 Å². The summed E-state index contributed by atoms with van der Waals surface area (Å²) in [5, 5.41) is 8.75. The van der Waals surface area contributed by atoms with E-state index in [1.54, 1.807) is 6.20 Å². The summed E-state index contributed by atoms with van der Waals surface area (Å²) in [5.41, 5.74) is 0.781. The number of hydrogen-bond donors (Lipinski definition) is 1. The van der Waals surface area contributed by atoms with Gasteiger partial charge in [-0.2, -0.15) is 0 Å². The summed E-state index contributed by atoms with van der Waals surface area (Å²) in [6, 6.07) is 1.45. The molecule has 1 fully saturated rings. The van der Waals surface area contributed by atoms with Crippen molar-refractivity contribution in [3.63, 3.8) is 0 Å². The molecule has 1 unspecified atom stereocenters. The van der Waals surface area contributed by atoms with Crippen LogP contribution < -0.4 is 0 Å². The number of hydrogen-bond acceptors (Lipinski definition) is 3. The van der Waals surface area contributed by atoms with Crippen molar-refractivity contribution in [2.75, 3.05) is 13.1 Å². The number of carbonyl (C=O) groups is 1. The molecular formula is C11H13FN2O2. The third-order valence-corrected chi connectivity index (χ3v) is 3.02. The van der Waals surface area contributed by atoms with Crippen LogP contribution >= 0.6 is 0 Å². The van der Waals surface area contributed by atoms with Crippen molar-refractivity contribution < 1.29 is 14.3 Å². The first-order valence-corrected chi connectivity index (χ1v) is 5.15. The average Bonchev–Trinajstić information content (AvgIpc) is 2.14. The topological polar surface area (TPSA) is 53.4 Å². The van der Waals surface area contributed by atoms with Gasteiger partial charge in [0.1, 0.15) is 5.82 Å². The Balaban J connectivity index is 2.00. The van der Waals surface area contributed by atoms with Crippen molar-refractivity contribution in [1.29, 1.82) is 0 Å². The highest BCUT2D eigenvalue weighted by atomic mass is 19.1. The summed E-state index contributed by atoms with van der Waals surface area (Å²) < 4.78 is 12.9. The fourth-order valence-corrected chi connectivity index (χ4v) is 1.85. The van der Waals surface area contributed by atoms with Crippen molar-refractivity contribution in [2.45, 2.75) is 13.0 Å². The Hall–Kier alpha value is -1.49. The molecule has 0 aromatic carbocycles. The van der Waals surface area contributed by atoms with Crippen LogP contribution in [0, 0.1) is 11.7 Å². The van der Waals surface area contributed by atoms with E-state index in [1.165, 1.54) is 6.07 Å². The Labute approximate surface area is 92.7 Å². The Kier molecular flexibility index (Phi) is 2.87. The van der Waals surface area contributed by atoms with Crippen LogP contribution in [0.4, 0.5) is 4.39 Å². The Morgan fingerprint density at radius 3 is 2.88 bits per heavy atom. The Morgan fingerprint density at radius 1 is 1.62 bits per heavy atom. The van der Waals surface area contributed by atoms with Gasteiger partial charge in [-0.25, -0.2) is 4.39 Å². The fourth-order valence-electron chi connectivity index (χ4n) is 1.85. The zero-order chi connectivity index (χ0) is 11.7. The molecule has 16 heavy (non-hydrogen) atoms. The van der Waals surface area contributed by atoms with E-state index in [2.05, 4.69) is 4.98 Å². The highest BCUT2D eigenvalue weighted by Crippen LogP contribution is 2.28. The van der Waals surface area contributed by atoms with Crippen molar-refractivity contribution in [3.8, 4) is 0 Å². The molecule has 1 aliphatic rings. The molecule has 0 spiro atoms. The van der Waals surface area contributed by atoms with Gasteiger partial charge in [0.05, 0.1) is 12.1 Å². The number of aromatic nitrogens is 1. The smallest absolute Gasteiger partial charge is 0.309 e. The van der Waals surface area contributed by atoms with E-state index >= 15 is 0 Å². The molecule has 5 heteroatoms. The Bertz CT molecular complexity index is 405. The van der Waals surface area contributed by atoms with Crippen LogP contribution in [0.1, 0.15) is 18.5 Å². The number of rotatable bonds is 3. The molecule has 1 atom stereocenters. The molecule has 1 aromatic rings. The zero-order valence-corrected chi connectivity index (χ0v) is 8.93. The van der Waals surface area contributed by atoms with Gasteiger partial charge in [-0.15, -0.1) is 0 Å². The zero-order valence-electron chi connectivity index (χ0n) is 8.93. The molecule has 2 rings (SSSR count). The first-order chi connectivity index (χ1) is 7.58. The number of carboxylic acid groups (broad SMARTS) is 1. The average molecular weight is 224 g/mol. The predicted molar refractivity (Wildman–Crippen MR) is 55.3 cm³/mol. The first kappa shape index (κ1) is 11.0. The van der Waals surface area contributed by atoms with Crippen molar-refractivity contribution in [3.05, 3.63) is 29.8 Å². The Morgan fingerprint density at radius 2 is 2.31 bits per heavy atom. The fraction of sp³-hybridized carbons (Fsp3) is 0.455. The molecule has 1 N–H and O–H groups in total. The minimum absolute atomic E-state index is 0.0128. The molecule has 0 bridgehead atoms. The number of halogens is 1. The van der Waals surface area contributed by atoms with Crippen LogP contribution in [0.2, 0.25) is 0 Å². The maximum atomic E-state index is 12.9. The van der Waals surface area contributed by atoms with Crippen molar-refractivity contribution >= 4 is 5.97 Å². The van der Waals surface area contributed by atoms with Crippen LogP contribution in [-0.4, -0.2) is 34.0 Å². The maximum absolute atomic E-state index is 12.9. The second-order valence-corrected chi connectivity index (χ2v) is 4.10. The molecule has 1 aliphatic heterocycles. The third-order valence-electron chi connectivity index (χ3n) is 3.02.